The van der Waals surface area contributed by atoms with Gasteiger partial charge in [-0.2, -0.15) is 0 Å². The SMILES string of the molecule is O=C(O)c1ccc2c(c1)[C@H]1[C@H](C[C@@H](Cl)[C@@H]1Sc1ccccc1[N+](=O)[O-])[C@H](c1ccccc1Cl)N2. The summed E-state index contributed by atoms with van der Waals surface area (Å²) in [5.41, 5.74) is 2.88. The van der Waals surface area contributed by atoms with Crippen LogP contribution in [0.2, 0.25) is 5.02 Å². The molecule has 1 aliphatic carbocycles. The molecule has 3 aromatic rings. The molecule has 5 atom stereocenters. The van der Waals surface area contributed by atoms with Crippen molar-refractivity contribution in [3.05, 3.63) is 98.6 Å². The van der Waals surface area contributed by atoms with Crippen LogP contribution in [0.1, 0.15) is 39.9 Å². The first kappa shape index (κ1) is 23.0. The Labute approximate surface area is 210 Å². The van der Waals surface area contributed by atoms with Crippen LogP contribution in [0.15, 0.2) is 71.6 Å². The molecule has 1 heterocycles. The number of halogens is 2. The molecule has 0 amide bonds. The lowest BCUT2D eigenvalue weighted by atomic mass is 9.77. The average molecular weight is 515 g/mol. The highest BCUT2D eigenvalue weighted by atomic mass is 35.5. The van der Waals surface area contributed by atoms with Gasteiger partial charge in [-0.3, -0.25) is 10.1 Å². The Bertz CT molecular complexity index is 1290. The van der Waals surface area contributed by atoms with E-state index in [0.29, 0.717) is 16.3 Å². The second kappa shape index (κ2) is 9.13. The third-order valence-corrected chi connectivity index (χ3v) is 9.07. The van der Waals surface area contributed by atoms with Crippen molar-refractivity contribution in [2.45, 2.75) is 33.9 Å². The number of carbonyl (C=O) groups is 1. The van der Waals surface area contributed by atoms with E-state index in [0.717, 1.165) is 16.8 Å². The number of benzene rings is 3. The van der Waals surface area contributed by atoms with Crippen LogP contribution in [-0.4, -0.2) is 26.6 Å². The van der Waals surface area contributed by atoms with Crippen LogP contribution in [0.25, 0.3) is 0 Å². The van der Waals surface area contributed by atoms with Crippen LogP contribution in [0.3, 0.4) is 0 Å². The molecule has 3 aromatic carbocycles. The van der Waals surface area contributed by atoms with E-state index in [1.807, 2.05) is 24.3 Å². The van der Waals surface area contributed by atoms with Crippen LogP contribution in [0.5, 0.6) is 0 Å². The second-order valence-electron chi connectivity index (χ2n) is 8.50. The fourth-order valence-electron chi connectivity index (χ4n) is 5.18. The summed E-state index contributed by atoms with van der Waals surface area (Å²) in [7, 11) is 0. The first-order valence-corrected chi connectivity index (χ1v) is 12.5. The number of nitro groups is 1. The molecule has 0 spiro atoms. The highest BCUT2D eigenvalue weighted by Crippen LogP contribution is 2.59. The van der Waals surface area contributed by atoms with Gasteiger partial charge in [0, 0.05) is 33.3 Å². The van der Waals surface area contributed by atoms with Crippen molar-refractivity contribution in [2.24, 2.45) is 5.92 Å². The third-order valence-electron chi connectivity index (χ3n) is 6.63. The summed E-state index contributed by atoms with van der Waals surface area (Å²) < 4.78 is 0. The molecule has 0 radical (unpaired) electrons. The standard InChI is InChI=1S/C25H20Cl2N2O4S/c26-17-6-2-1-5-14(17)23-16-12-18(27)24(34-21-8-4-3-7-20(21)29(32)33)22(16)15-11-13(25(30)31)9-10-19(15)28-23/h1-11,16,18,22-24,28H,12H2,(H,30,31)/t16-,18+,22-,23-,24-/m0/s1. The molecular weight excluding hydrogens is 495 g/mol. The molecule has 2 aliphatic rings. The molecule has 1 saturated carbocycles. The van der Waals surface area contributed by atoms with Gasteiger partial charge in [0.2, 0.25) is 0 Å². The van der Waals surface area contributed by atoms with Crippen LogP contribution in [0, 0.1) is 16.0 Å². The predicted octanol–water partition coefficient (Wildman–Crippen LogP) is 6.99. The van der Waals surface area contributed by atoms with Crippen LogP contribution in [-0.2, 0) is 0 Å². The predicted molar refractivity (Wildman–Crippen MR) is 134 cm³/mol. The lowest BCUT2D eigenvalue weighted by Crippen LogP contribution is -2.32. The van der Waals surface area contributed by atoms with Crippen molar-refractivity contribution < 1.29 is 14.8 Å². The fraction of sp³-hybridized carbons (Fsp3) is 0.240. The number of thioether (sulfide) groups is 1. The molecular formula is C25H20Cl2N2O4S. The van der Waals surface area contributed by atoms with E-state index in [2.05, 4.69) is 5.32 Å². The van der Waals surface area contributed by atoms with Crippen molar-refractivity contribution >= 4 is 52.3 Å². The quantitative estimate of drug-likeness (QED) is 0.216. The number of hydrogen-bond acceptors (Lipinski definition) is 5. The number of nitro benzene ring substituents is 1. The van der Waals surface area contributed by atoms with E-state index in [4.69, 9.17) is 23.2 Å². The number of alkyl halides is 1. The number of carboxylic acid groups (broad SMARTS) is 1. The maximum atomic E-state index is 11.7. The number of anilines is 1. The van der Waals surface area contributed by atoms with Crippen LogP contribution in [0.4, 0.5) is 11.4 Å². The van der Waals surface area contributed by atoms with E-state index < -0.39 is 5.97 Å². The van der Waals surface area contributed by atoms with E-state index in [9.17, 15) is 20.0 Å². The summed E-state index contributed by atoms with van der Waals surface area (Å²) in [5, 5.41) is 25.0. The maximum Gasteiger partial charge on any atom is 0.335 e. The minimum absolute atomic E-state index is 0.0270. The maximum absolute atomic E-state index is 11.7. The van der Waals surface area contributed by atoms with Gasteiger partial charge in [0.15, 0.2) is 0 Å². The summed E-state index contributed by atoms with van der Waals surface area (Å²) in [6.07, 6.45) is 0.657. The Morgan fingerprint density at radius 2 is 1.82 bits per heavy atom. The zero-order valence-corrected chi connectivity index (χ0v) is 20.1. The summed E-state index contributed by atoms with van der Waals surface area (Å²) in [6, 6.07) is 19.2. The number of aromatic carboxylic acids is 1. The van der Waals surface area contributed by atoms with E-state index >= 15 is 0 Å². The lowest BCUT2D eigenvalue weighted by molar-refractivity contribution is -0.387. The largest absolute Gasteiger partial charge is 0.478 e. The Kier molecular flexibility index (Phi) is 6.18. The van der Waals surface area contributed by atoms with Crippen molar-refractivity contribution in [1.29, 1.82) is 0 Å². The lowest BCUT2D eigenvalue weighted by Gasteiger charge is -2.39. The van der Waals surface area contributed by atoms with E-state index in [-0.39, 0.29) is 44.7 Å². The summed E-state index contributed by atoms with van der Waals surface area (Å²) in [5.74, 6) is -1.10. The van der Waals surface area contributed by atoms with Gasteiger partial charge in [-0.1, -0.05) is 41.9 Å². The van der Waals surface area contributed by atoms with Gasteiger partial charge in [0.1, 0.15) is 0 Å². The number of nitrogens with one attached hydrogen (secondary N) is 1. The zero-order valence-electron chi connectivity index (χ0n) is 17.7. The molecule has 1 fully saturated rings. The van der Waals surface area contributed by atoms with Gasteiger partial charge in [0.25, 0.3) is 5.69 Å². The minimum atomic E-state index is -1.00. The van der Waals surface area contributed by atoms with Gasteiger partial charge in [0.05, 0.1) is 21.4 Å². The molecule has 0 bridgehead atoms. The summed E-state index contributed by atoms with van der Waals surface area (Å²) in [4.78, 5) is 23.5. The minimum Gasteiger partial charge on any atom is -0.478 e. The zero-order chi connectivity index (χ0) is 24.0. The Balaban J connectivity index is 1.62. The monoisotopic (exact) mass is 514 g/mol. The molecule has 0 unspecified atom stereocenters. The summed E-state index contributed by atoms with van der Waals surface area (Å²) >= 11 is 14.9. The second-order valence-corrected chi connectivity index (χ2v) is 10.7. The number of nitrogens with zero attached hydrogens (tertiary/aromatic N) is 1. The Morgan fingerprint density at radius 1 is 1.09 bits per heavy atom. The normalized spacial score (nSPS) is 25.2. The number of fused-ring (bicyclic) bond motifs is 3. The van der Waals surface area contributed by atoms with Crippen molar-refractivity contribution in [1.82, 2.24) is 0 Å². The van der Waals surface area contributed by atoms with Crippen molar-refractivity contribution in [3.63, 3.8) is 0 Å². The smallest absolute Gasteiger partial charge is 0.335 e. The summed E-state index contributed by atoms with van der Waals surface area (Å²) in [6.45, 7) is 0. The molecule has 6 nitrogen and oxygen atoms in total. The molecule has 2 N–H and O–H groups in total. The molecule has 5 rings (SSSR count). The molecule has 0 aromatic heterocycles. The van der Waals surface area contributed by atoms with Gasteiger partial charge in [-0.15, -0.1) is 23.4 Å². The van der Waals surface area contributed by atoms with Gasteiger partial charge in [-0.05, 0) is 53.8 Å². The number of carboxylic acids is 1. The number of hydrogen-bond donors (Lipinski definition) is 2. The van der Waals surface area contributed by atoms with Crippen molar-refractivity contribution in [3.8, 4) is 0 Å². The Morgan fingerprint density at radius 3 is 2.56 bits per heavy atom. The van der Waals surface area contributed by atoms with Crippen molar-refractivity contribution in [2.75, 3.05) is 5.32 Å². The fourth-order valence-corrected chi connectivity index (χ4v) is 7.41. The number of para-hydroxylation sites is 1. The molecule has 174 valence electrons. The highest BCUT2D eigenvalue weighted by Gasteiger charge is 2.51. The first-order chi connectivity index (χ1) is 16.3. The molecule has 34 heavy (non-hydrogen) atoms. The van der Waals surface area contributed by atoms with Gasteiger partial charge >= 0.3 is 5.97 Å². The number of rotatable bonds is 5. The van der Waals surface area contributed by atoms with Gasteiger partial charge < -0.3 is 10.4 Å². The van der Waals surface area contributed by atoms with Gasteiger partial charge in [-0.25, -0.2) is 4.79 Å². The molecule has 1 aliphatic heterocycles. The van der Waals surface area contributed by atoms with Crippen LogP contribution >= 0.6 is 35.0 Å². The molecule has 0 saturated heterocycles. The molecule has 9 heteroatoms. The van der Waals surface area contributed by atoms with Crippen LogP contribution < -0.4 is 5.32 Å². The van der Waals surface area contributed by atoms with E-state index in [1.165, 1.54) is 17.8 Å². The first-order valence-electron chi connectivity index (χ1n) is 10.8. The Hall–Kier alpha value is -2.74. The highest BCUT2D eigenvalue weighted by molar-refractivity contribution is 8.00. The average Bonchev–Trinajstić information content (AvgIpc) is 3.15. The van der Waals surface area contributed by atoms with E-state index in [1.54, 1.807) is 36.4 Å². The topological polar surface area (TPSA) is 92.5 Å². The third kappa shape index (κ3) is 4.02.